The molecular formula is C16H19N3O2. The fourth-order valence-corrected chi connectivity index (χ4v) is 2.83. The lowest BCUT2D eigenvalue weighted by molar-refractivity contribution is -0.125. The number of carbonyl (C=O) groups excluding carboxylic acids is 1. The van der Waals surface area contributed by atoms with Crippen LogP contribution >= 0.6 is 0 Å². The number of nitrogens with one attached hydrogen (secondary N) is 3. The predicted molar refractivity (Wildman–Crippen MR) is 82.0 cm³/mol. The molecule has 3 rings (SSSR count). The summed E-state index contributed by atoms with van der Waals surface area (Å²) in [6, 6.07) is 9.19. The normalized spacial score (nSPS) is 18.6. The molecule has 1 aliphatic rings. The zero-order valence-electron chi connectivity index (χ0n) is 11.8. The Balaban J connectivity index is 1.75. The van der Waals surface area contributed by atoms with Crippen LogP contribution < -0.4 is 16.2 Å². The first-order valence-electron chi connectivity index (χ1n) is 7.33. The number of piperidine rings is 1. The number of amides is 1. The molecule has 1 amide bonds. The van der Waals surface area contributed by atoms with Gasteiger partial charge < -0.3 is 15.6 Å². The van der Waals surface area contributed by atoms with Crippen LogP contribution in [0.1, 0.15) is 18.4 Å². The largest absolute Gasteiger partial charge is 0.352 e. The van der Waals surface area contributed by atoms with E-state index in [9.17, 15) is 9.59 Å². The molecule has 1 saturated heterocycles. The van der Waals surface area contributed by atoms with Crippen LogP contribution in [0.5, 0.6) is 0 Å². The van der Waals surface area contributed by atoms with Crippen LogP contribution in [0.4, 0.5) is 0 Å². The van der Waals surface area contributed by atoms with Crippen LogP contribution in [-0.4, -0.2) is 24.0 Å². The van der Waals surface area contributed by atoms with E-state index < -0.39 is 0 Å². The van der Waals surface area contributed by atoms with Crippen LogP contribution in [0.15, 0.2) is 35.1 Å². The van der Waals surface area contributed by atoms with Gasteiger partial charge in [0.1, 0.15) is 0 Å². The molecule has 0 radical (unpaired) electrons. The molecule has 1 fully saturated rings. The molecule has 110 valence electrons. The lowest BCUT2D eigenvalue weighted by atomic mass is 9.98. The van der Waals surface area contributed by atoms with Gasteiger partial charge in [0.2, 0.25) is 11.5 Å². The molecule has 0 spiro atoms. The first kappa shape index (κ1) is 13.8. The summed E-state index contributed by atoms with van der Waals surface area (Å²) < 4.78 is 0. The van der Waals surface area contributed by atoms with Crippen molar-refractivity contribution in [3.8, 4) is 0 Å². The molecule has 5 nitrogen and oxygen atoms in total. The molecule has 21 heavy (non-hydrogen) atoms. The summed E-state index contributed by atoms with van der Waals surface area (Å²) in [5.41, 5.74) is 1.51. The topological polar surface area (TPSA) is 74.0 Å². The van der Waals surface area contributed by atoms with E-state index in [2.05, 4.69) is 15.6 Å². The molecule has 1 aromatic carbocycles. The van der Waals surface area contributed by atoms with E-state index in [0.29, 0.717) is 6.54 Å². The van der Waals surface area contributed by atoms with Crippen molar-refractivity contribution in [3.63, 3.8) is 0 Å². The standard InChI is InChI=1S/C16H19N3O2/c20-15-8-12(13-5-1-2-6-14(13)19-15)10-18-16(21)11-4-3-7-17-9-11/h1-2,5-6,8,11,17H,3-4,7,9-10H2,(H,18,21)(H,19,20). The molecule has 0 saturated carbocycles. The minimum absolute atomic E-state index is 0.0343. The first-order valence-corrected chi connectivity index (χ1v) is 7.33. The number of aromatic amines is 1. The average Bonchev–Trinajstić information content (AvgIpc) is 2.53. The maximum atomic E-state index is 12.2. The highest BCUT2D eigenvalue weighted by molar-refractivity contribution is 5.83. The third-order valence-corrected chi connectivity index (χ3v) is 3.96. The Morgan fingerprint density at radius 2 is 2.19 bits per heavy atom. The third kappa shape index (κ3) is 3.13. The Bertz CT molecular complexity index is 702. The van der Waals surface area contributed by atoms with Crippen molar-refractivity contribution in [3.05, 3.63) is 46.2 Å². The molecule has 1 unspecified atom stereocenters. The van der Waals surface area contributed by atoms with Gasteiger partial charge in [-0.3, -0.25) is 9.59 Å². The smallest absolute Gasteiger partial charge is 0.248 e. The van der Waals surface area contributed by atoms with Crippen LogP contribution in [0.25, 0.3) is 10.9 Å². The molecule has 2 heterocycles. The van der Waals surface area contributed by atoms with Crippen LogP contribution in [0, 0.1) is 5.92 Å². The summed E-state index contributed by atoms with van der Waals surface area (Å²) in [6.07, 6.45) is 1.96. The van der Waals surface area contributed by atoms with E-state index >= 15 is 0 Å². The lowest BCUT2D eigenvalue weighted by Gasteiger charge is -2.22. The summed E-state index contributed by atoms with van der Waals surface area (Å²) >= 11 is 0. The van der Waals surface area contributed by atoms with Crippen molar-refractivity contribution in [1.82, 2.24) is 15.6 Å². The number of carbonyl (C=O) groups is 1. The van der Waals surface area contributed by atoms with Gasteiger partial charge in [-0.25, -0.2) is 0 Å². The second-order valence-electron chi connectivity index (χ2n) is 5.47. The van der Waals surface area contributed by atoms with Crippen LogP contribution in [0.2, 0.25) is 0 Å². The summed E-state index contributed by atoms with van der Waals surface area (Å²) in [7, 11) is 0. The number of hydrogen-bond donors (Lipinski definition) is 3. The first-order chi connectivity index (χ1) is 10.2. The Labute approximate surface area is 122 Å². The Kier molecular flexibility index (Phi) is 4.01. The molecule has 5 heteroatoms. The van der Waals surface area contributed by atoms with E-state index in [1.54, 1.807) is 6.07 Å². The zero-order valence-corrected chi connectivity index (χ0v) is 11.8. The Morgan fingerprint density at radius 3 is 3.00 bits per heavy atom. The van der Waals surface area contributed by atoms with Crippen LogP contribution in [0.3, 0.4) is 0 Å². The van der Waals surface area contributed by atoms with Crippen molar-refractivity contribution in [2.24, 2.45) is 5.92 Å². The predicted octanol–water partition coefficient (Wildman–Crippen LogP) is 1.14. The second-order valence-corrected chi connectivity index (χ2v) is 5.47. The molecule has 1 atom stereocenters. The number of hydrogen-bond acceptors (Lipinski definition) is 3. The van der Waals surface area contributed by atoms with Gasteiger partial charge >= 0.3 is 0 Å². The van der Waals surface area contributed by atoms with Crippen molar-refractivity contribution >= 4 is 16.8 Å². The number of rotatable bonds is 3. The minimum atomic E-state index is -0.141. The fraction of sp³-hybridized carbons (Fsp3) is 0.375. The van der Waals surface area contributed by atoms with Gasteiger partial charge in [0.05, 0.1) is 5.92 Å². The molecule has 1 aliphatic heterocycles. The summed E-state index contributed by atoms with van der Waals surface area (Å²) in [6.45, 7) is 2.12. The highest BCUT2D eigenvalue weighted by Crippen LogP contribution is 2.15. The van der Waals surface area contributed by atoms with Crippen molar-refractivity contribution in [1.29, 1.82) is 0 Å². The zero-order chi connectivity index (χ0) is 14.7. The number of H-pyrrole nitrogens is 1. The highest BCUT2D eigenvalue weighted by atomic mass is 16.2. The number of para-hydroxylation sites is 1. The highest BCUT2D eigenvalue weighted by Gasteiger charge is 2.20. The second kappa shape index (κ2) is 6.10. The van der Waals surface area contributed by atoms with Crippen molar-refractivity contribution in [2.75, 3.05) is 13.1 Å². The van der Waals surface area contributed by atoms with Gasteiger partial charge in [0.25, 0.3) is 0 Å². The van der Waals surface area contributed by atoms with E-state index in [1.165, 1.54) is 0 Å². The molecule has 0 aliphatic carbocycles. The molecular weight excluding hydrogens is 266 g/mol. The number of benzene rings is 1. The molecule has 2 aromatic rings. The Morgan fingerprint density at radius 1 is 1.33 bits per heavy atom. The third-order valence-electron chi connectivity index (χ3n) is 3.96. The quantitative estimate of drug-likeness (QED) is 0.792. The SMILES string of the molecule is O=C(NCc1cc(=O)[nH]c2ccccc12)C1CCCNC1. The number of pyridine rings is 1. The average molecular weight is 285 g/mol. The Hall–Kier alpha value is -2.14. The van der Waals surface area contributed by atoms with Crippen molar-refractivity contribution < 1.29 is 4.79 Å². The minimum Gasteiger partial charge on any atom is -0.352 e. The summed E-state index contributed by atoms with van der Waals surface area (Å²) in [4.78, 5) is 26.6. The number of aromatic nitrogens is 1. The van der Waals surface area contributed by atoms with Gasteiger partial charge in [-0.05, 0) is 31.0 Å². The van der Waals surface area contributed by atoms with Gasteiger partial charge in [-0.2, -0.15) is 0 Å². The molecule has 0 bridgehead atoms. The lowest BCUT2D eigenvalue weighted by Crippen LogP contribution is -2.40. The van der Waals surface area contributed by atoms with Crippen molar-refractivity contribution in [2.45, 2.75) is 19.4 Å². The van der Waals surface area contributed by atoms with Crippen LogP contribution in [-0.2, 0) is 11.3 Å². The summed E-state index contributed by atoms with van der Waals surface area (Å²) in [5.74, 6) is 0.0959. The van der Waals surface area contributed by atoms with Gasteiger partial charge in [-0.15, -0.1) is 0 Å². The van der Waals surface area contributed by atoms with E-state index in [0.717, 1.165) is 42.4 Å². The fourth-order valence-electron chi connectivity index (χ4n) is 2.83. The van der Waals surface area contributed by atoms with Gasteiger partial charge in [0.15, 0.2) is 0 Å². The molecule has 3 N–H and O–H groups in total. The van der Waals surface area contributed by atoms with E-state index in [-0.39, 0.29) is 17.4 Å². The monoisotopic (exact) mass is 285 g/mol. The maximum Gasteiger partial charge on any atom is 0.248 e. The number of fused-ring (bicyclic) bond motifs is 1. The van der Waals surface area contributed by atoms with E-state index in [1.807, 2.05) is 24.3 Å². The maximum absolute atomic E-state index is 12.2. The van der Waals surface area contributed by atoms with E-state index in [4.69, 9.17) is 0 Å². The summed E-state index contributed by atoms with van der Waals surface area (Å²) in [5, 5.41) is 7.16. The van der Waals surface area contributed by atoms with Gasteiger partial charge in [-0.1, -0.05) is 18.2 Å². The van der Waals surface area contributed by atoms with Gasteiger partial charge in [0, 0.05) is 30.1 Å². The molecule has 1 aromatic heterocycles.